The number of ether oxygens (including phenoxy) is 1. The van der Waals surface area contributed by atoms with Crippen LogP contribution in [0.2, 0.25) is 0 Å². The Morgan fingerprint density at radius 3 is 2.65 bits per heavy atom. The summed E-state index contributed by atoms with van der Waals surface area (Å²) in [5.41, 5.74) is 4.22. The van der Waals surface area contributed by atoms with Crippen molar-refractivity contribution in [3.8, 4) is 5.75 Å². The topological polar surface area (TPSA) is 63.2 Å². The summed E-state index contributed by atoms with van der Waals surface area (Å²) in [5.74, 6) is 0.513. The Balaban J connectivity index is 1.68. The molecule has 0 spiro atoms. The Morgan fingerprint density at radius 2 is 1.85 bits per heavy atom. The molecule has 0 aliphatic carbocycles. The van der Waals surface area contributed by atoms with E-state index < -0.39 is 0 Å². The molecule has 0 aliphatic rings. The lowest BCUT2D eigenvalue weighted by molar-refractivity contribution is 0.0945. The highest BCUT2D eigenvalue weighted by molar-refractivity contribution is 5.93. The van der Waals surface area contributed by atoms with E-state index in [1.54, 1.807) is 19.4 Å². The number of aromatic nitrogens is 1. The molecule has 5 heteroatoms. The third-order valence-electron chi connectivity index (χ3n) is 3.93. The maximum absolute atomic E-state index is 12.4. The molecule has 2 aromatic carbocycles. The van der Waals surface area contributed by atoms with Crippen LogP contribution in [0.1, 0.15) is 21.6 Å². The van der Waals surface area contributed by atoms with Gasteiger partial charge in [-0.15, -0.1) is 0 Å². The molecule has 3 rings (SSSR count). The average molecular weight is 347 g/mol. The molecule has 1 heterocycles. The second kappa shape index (κ2) is 8.16. The van der Waals surface area contributed by atoms with Crippen LogP contribution in [-0.2, 0) is 6.54 Å². The second-order valence-electron chi connectivity index (χ2n) is 5.92. The summed E-state index contributed by atoms with van der Waals surface area (Å²) in [7, 11) is 1.61. The molecule has 132 valence electrons. The zero-order valence-electron chi connectivity index (χ0n) is 14.8. The predicted octanol–water partition coefficient (Wildman–Crippen LogP) is 4.07. The van der Waals surface area contributed by atoms with E-state index in [0.717, 1.165) is 22.7 Å². The highest BCUT2D eigenvalue weighted by Gasteiger charge is 2.09. The first kappa shape index (κ1) is 17.5. The minimum Gasteiger partial charge on any atom is -0.496 e. The molecule has 1 amide bonds. The average Bonchev–Trinajstić information content (AvgIpc) is 2.66. The number of para-hydroxylation sites is 1. The molecular weight excluding hydrogens is 326 g/mol. The number of nitrogens with one attached hydrogen (secondary N) is 2. The zero-order valence-corrected chi connectivity index (χ0v) is 14.8. The SMILES string of the molecule is COc1ccccc1CNC(=O)c1cc(Nc2cccc(C)c2)ccn1. The van der Waals surface area contributed by atoms with Gasteiger partial charge in [0.15, 0.2) is 0 Å². The lowest BCUT2D eigenvalue weighted by atomic mass is 10.2. The van der Waals surface area contributed by atoms with Gasteiger partial charge in [0.2, 0.25) is 0 Å². The first-order chi connectivity index (χ1) is 12.7. The summed E-state index contributed by atoms with van der Waals surface area (Å²) in [6, 6.07) is 19.2. The molecule has 0 atom stereocenters. The van der Waals surface area contributed by atoms with Crippen molar-refractivity contribution in [2.45, 2.75) is 13.5 Å². The molecule has 26 heavy (non-hydrogen) atoms. The second-order valence-corrected chi connectivity index (χ2v) is 5.92. The summed E-state index contributed by atoms with van der Waals surface area (Å²) in [4.78, 5) is 16.6. The van der Waals surface area contributed by atoms with Crippen molar-refractivity contribution >= 4 is 17.3 Å². The van der Waals surface area contributed by atoms with Crippen molar-refractivity contribution in [2.75, 3.05) is 12.4 Å². The van der Waals surface area contributed by atoms with Gasteiger partial charge in [-0.3, -0.25) is 9.78 Å². The first-order valence-electron chi connectivity index (χ1n) is 8.35. The van der Waals surface area contributed by atoms with Crippen molar-refractivity contribution in [2.24, 2.45) is 0 Å². The van der Waals surface area contributed by atoms with E-state index >= 15 is 0 Å². The summed E-state index contributed by atoms with van der Waals surface area (Å²) in [5, 5.41) is 6.17. The number of benzene rings is 2. The fourth-order valence-electron chi connectivity index (χ4n) is 2.64. The Kier molecular flexibility index (Phi) is 5.49. The van der Waals surface area contributed by atoms with Crippen molar-refractivity contribution in [1.82, 2.24) is 10.3 Å². The van der Waals surface area contributed by atoms with Gasteiger partial charge in [-0.25, -0.2) is 0 Å². The Labute approximate surface area is 153 Å². The largest absolute Gasteiger partial charge is 0.496 e. The van der Waals surface area contributed by atoms with Gasteiger partial charge in [-0.05, 0) is 42.8 Å². The number of hydrogen-bond acceptors (Lipinski definition) is 4. The van der Waals surface area contributed by atoms with Crippen LogP contribution in [0.4, 0.5) is 11.4 Å². The quantitative estimate of drug-likeness (QED) is 0.705. The number of nitrogens with zero attached hydrogens (tertiary/aromatic N) is 1. The van der Waals surface area contributed by atoms with Gasteiger partial charge in [0.25, 0.3) is 5.91 Å². The highest BCUT2D eigenvalue weighted by Crippen LogP contribution is 2.19. The number of pyridine rings is 1. The van der Waals surface area contributed by atoms with Gasteiger partial charge in [-0.1, -0.05) is 30.3 Å². The predicted molar refractivity (Wildman–Crippen MR) is 103 cm³/mol. The molecular formula is C21H21N3O2. The van der Waals surface area contributed by atoms with Gasteiger partial charge in [0, 0.05) is 29.7 Å². The summed E-state index contributed by atoms with van der Waals surface area (Å²) < 4.78 is 5.30. The lowest BCUT2D eigenvalue weighted by Gasteiger charge is -2.10. The third-order valence-corrected chi connectivity index (χ3v) is 3.93. The number of methoxy groups -OCH3 is 1. The van der Waals surface area contributed by atoms with E-state index in [1.165, 1.54) is 5.56 Å². The standard InChI is InChI=1S/C21H21N3O2/c1-15-6-5-8-17(12-15)24-18-10-11-22-19(13-18)21(25)23-14-16-7-3-4-9-20(16)26-2/h3-13H,14H2,1-2H3,(H,22,24)(H,23,25). The van der Waals surface area contributed by atoms with E-state index in [4.69, 9.17) is 4.74 Å². The van der Waals surface area contributed by atoms with Crippen molar-refractivity contribution in [1.29, 1.82) is 0 Å². The highest BCUT2D eigenvalue weighted by atomic mass is 16.5. The molecule has 0 unspecified atom stereocenters. The van der Waals surface area contributed by atoms with Crippen LogP contribution in [0.25, 0.3) is 0 Å². The minimum atomic E-state index is -0.233. The maximum atomic E-state index is 12.4. The summed E-state index contributed by atoms with van der Waals surface area (Å²) in [6.45, 7) is 2.41. The van der Waals surface area contributed by atoms with Crippen LogP contribution in [0.15, 0.2) is 66.9 Å². The van der Waals surface area contributed by atoms with Crippen LogP contribution in [-0.4, -0.2) is 18.0 Å². The van der Waals surface area contributed by atoms with Crippen LogP contribution in [0, 0.1) is 6.92 Å². The molecule has 5 nitrogen and oxygen atoms in total. The number of amides is 1. The van der Waals surface area contributed by atoms with Gasteiger partial charge < -0.3 is 15.4 Å². The van der Waals surface area contributed by atoms with E-state index in [0.29, 0.717) is 12.2 Å². The molecule has 0 radical (unpaired) electrons. The smallest absolute Gasteiger partial charge is 0.270 e. The van der Waals surface area contributed by atoms with Crippen LogP contribution in [0.3, 0.4) is 0 Å². The number of carbonyl (C=O) groups excluding carboxylic acids is 1. The van der Waals surface area contributed by atoms with Gasteiger partial charge >= 0.3 is 0 Å². The number of aryl methyl sites for hydroxylation is 1. The normalized spacial score (nSPS) is 10.2. The van der Waals surface area contributed by atoms with E-state index in [1.807, 2.05) is 61.5 Å². The van der Waals surface area contributed by atoms with Crippen LogP contribution >= 0.6 is 0 Å². The first-order valence-corrected chi connectivity index (χ1v) is 8.35. The number of rotatable bonds is 6. The van der Waals surface area contributed by atoms with Gasteiger partial charge in [-0.2, -0.15) is 0 Å². The van der Waals surface area contributed by atoms with Crippen LogP contribution in [0.5, 0.6) is 5.75 Å². The number of anilines is 2. The van der Waals surface area contributed by atoms with E-state index in [9.17, 15) is 4.79 Å². The monoisotopic (exact) mass is 347 g/mol. The van der Waals surface area contributed by atoms with Gasteiger partial charge in [0.1, 0.15) is 11.4 Å². The zero-order chi connectivity index (χ0) is 18.4. The van der Waals surface area contributed by atoms with Gasteiger partial charge in [0.05, 0.1) is 7.11 Å². The molecule has 0 bridgehead atoms. The van der Waals surface area contributed by atoms with E-state index in [2.05, 4.69) is 15.6 Å². The van der Waals surface area contributed by atoms with E-state index in [-0.39, 0.29) is 5.91 Å². The van der Waals surface area contributed by atoms with Crippen molar-refractivity contribution in [3.63, 3.8) is 0 Å². The van der Waals surface area contributed by atoms with Crippen LogP contribution < -0.4 is 15.4 Å². The Morgan fingerprint density at radius 1 is 1.04 bits per heavy atom. The molecule has 0 aliphatic heterocycles. The maximum Gasteiger partial charge on any atom is 0.270 e. The minimum absolute atomic E-state index is 0.233. The molecule has 1 aromatic heterocycles. The molecule has 0 fully saturated rings. The third kappa shape index (κ3) is 4.39. The van der Waals surface area contributed by atoms with Crippen molar-refractivity contribution < 1.29 is 9.53 Å². The number of hydrogen-bond donors (Lipinski definition) is 2. The molecule has 2 N–H and O–H groups in total. The summed E-state index contributed by atoms with van der Waals surface area (Å²) in [6.07, 6.45) is 1.62. The lowest BCUT2D eigenvalue weighted by Crippen LogP contribution is -2.24. The Bertz CT molecular complexity index is 909. The molecule has 0 saturated carbocycles. The fourth-order valence-corrected chi connectivity index (χ4v) is 2.64. The summed E-state index contributed by atoms with van der Waals surface area (Å²) >= 11 is 0. The fraction of sp³-hybridized carbons (Fsp3) is 0.143. The molecule has 0 saturated heterocycles. The molecule has 3 aromatic rings. The Hall–Kier alpha value is -3.34. The van der Waals surface area contributed by atoms with Crippen molar-refractivity contribution in [3.05, 3.63) is 83.7 Å². The number of carbonyl (C=O) groups is 1.